The van der Waals surface area contributed by atoms with Crippen LogP contribution in [0.2, 0.25) is 0 Å². The van der Waals surface area contributed by atoms with E-state index in [-0.39, 0.29) is 11.3 Å². The Morgan fingerprint density at radius 2 is 1.94 bits per heavy atom. The molecule has 98 valence electrons. The second kappa shape index (κ2) is 4.73. The van der Waals surface area contributed by atoms with Crippen molar-refractivity contribution in [1.82, 2.24) is 0 Å². The number of ether oxygens (including phenoxy) is 1. The molecule has 9 heteroatoms. The Bertz CT molecular complexity index is 589. The molecule has 0 unspecified atom stereocenters. The third kappa shape index (κ3) is 2.84. The van der Waals surface area contributed by atoms with Gasteiger partial charge in [0, 0.05) is 6.07 Å². The third-order valence-electron chi connectivity index (χ3n) is 1.79. The zero-order valence-corrected chi connectivity index (χ0v) is 9.67. The predicted octanol–water partition coefficient (Wildman–Crippen LogP) is 1.80. The maximum atomic E-state index is 12.1. The van der Waals surface area contributed by atoms with Gasteiger partial charge in [-0.05, 0) is 12.1 Å². The molecule has 0 atom stereocenters. The SMILES string of the molecule is COc1ccc(OS(=O)(=O)C(F)(F)F)c(C#N)c1. The molecule has 0 amide bonds. The van der Waals surface area contributed by atoms with Crippen LogP contribution >= 0.6 is 0 Å². The lowest BCUT2D eigenvalue weighted by Crippen LogP contribution is -2.28. The summed E-state index contributed by atoms with van der Waals surface area (Å²) in [7, 11) is -4.51. The van der Waals surface area contributed by atoms with E-state index in [2.05, 4.69) is 4.18 Å². The minimum absolute atomic E-state index is 0.184. The highest BCUT2D eigenvalue weighted by molar-refractivity contribution is 7.88. The molecule has 1 aromatic carbocycles. The molecule has 0 bridgehead atoms. The van der Waals surface area contributed by atoms with Gasteiger partial charge in [-0.1, -0.05) is 0 Å². The Labute approximate surface area is 100 Å². The van der Waals surface area contributed by atoms with Crippen LogP contribution in [0.1, 0.15) is 5.56 Å². The topological polar surface area (TPSA) is 76.4 Å². The fraction of sp³-hybridized carbons (Fsp3) is 0.222. The number of alkyl halides is 3. The first-order valence-corrected chi connectivity index (χ1v) is 5.71. The van der Waals surface area contributed by atoms with Crippen LogP contribution in [-0.4, -0.2) is 21.0 Å². The van der Waals surface area contributed by atoms with Gasteiger partial charge in [0.1, 0.15) is 11.8 Å². The first-order valence-electron chi connectivity index (χ1n) is 4.30. The van der Waals surface area contributed by atoms with Crippen molar-refractivity contribution in [3.05, 3.63) is 23.8 Å². The number of methoxy groups -OCH3 is 1. The molecular weight excluding hydrogens is 275 g/mol. The smallest absolute Gasteiger partial charge is 0.497 e. The summed E-state index contributed by atoms with van der Waals surface area (Å²) in [5.41, 5.74) is -5.94. The first kappa shape index (κ1) is 14.1. The van der Waals surface area contributed by atoms with Crippen LogP contribution in [0.3, 0.4) is 0 Å². The number of nitrogens with zero attached hydrogens (tertiary/aromatic N) is 1. The summed E-state index contributed by atoms with van der Waals surface area (Å²) >= 11 is 0. The maximum absolute atomic E-state index is 12.1. The molecule has 0 saturated heterocycles. The Balaban J connectivity index is 3.18. The minimum Gasteiger partial charge on any atom is -0.497 e. The Morgan fingerprint density at radius 3 is 2.39 bits per heavy atom. The highest BCUT2D eigenvalue weighted by atomic mass is 32.2. The molecule has 1 rings (SSSR count). The summed E-state index contributed by atoms with van der Waals surface area (Å²) in [5, 5.41) is 8.68. The third-order valence-corrected chi connectivity index (χ3v) is 2.76. The van der Waals surface area contributed by atoms with Crippen molar-refractivity contribution >= 4 is 10.1 Å². The van der Waals surface area contributed by atoms with E-state index in [4.69, 9.17) is 10.00 Å². The quantitative estimate of drug-likeness (QED) is 0.623. The van der Waals surface area contributed by atoms with Gasteiger partial charge in [0.15, 0.2) is 5.75 Å². The lowest BCUT2D eigenvalue weighted by molar-refractivity contribution is -0.0500. The molecule has 0 aliphatic carbocycles. The van der Waals surface area contributed by atoms with E-state index < -0.39 is 21.4 Å². The van der Waals surface area contributed by atoms with Gasteiger partial charge in [0.25, 0.3) is 0 Å². The fourth-order valence-corrected chi connectivity index (χ4v) is 1.44. The number of hydrogen-bond acceptors (Lipinski definition) is 5. The summed E-state index contributed by atoms with van der Waals surface area (Å²) in [5.74, 6) is -0.529. The molecule has 0 saturated carbocycles. The van der Waals surface area contributed by atoms with Crippen LogP contribution in [0.5, 0.6) is 11.5 Å². The van der Waals surface area contributed by atoms with Crippen LogP contribution in [0.4, 0.5) is 13.2 Å². The number of rotatable bonds is 3. The van der Waals surface area contributed by atoms with Gasteiger partial charge in [0.05, 0.1) is 12.7 Å². The summed E-state index contributed by atoms with van der Waals surface area (Å²) in [4.78, 5) is 0. The van der Waals surface area contributed by atoms with Crippen molar-refractivity contribution in [1.29, 1.82) is 5.26 Å². The first-order chi connectivity index (χ1) is 8.21. The zero-order valence-electron chi connectivity index (χ0n) is 8.85. The minimum atomic E-state index is -5.79. The highest BCUT2D eigenvalue weighted by Gasteiger charge is 2.48. The molecule has 1 aromatic rings. The van der Waals surface area contributed by atoms with Crippen LogP contribution in [-0.2, 0) is 10.1 Å². The molecule has 0 spiro atoms. The van der Waals surface area contributed by atoms with Gasteiger partial charge in [-0.15, -0.1) is 0 Å². The molecule has 0 heterocycles. The van der Waals surface area contributed by atoms with E-state index in [1.54, 1.807) is 0 Å². The zero-order chi connectivity index (χ0) is 14.0. The van der Waals surface area contributed by atoms with Crippen LogP contribution in [0.25, 0.3) is 0 Å². The van der Waals surface area contributed by atoms with Crippen LogP contribution in [0, 0.1) is 11.3 Å². The Kier molecular flexibility index (Phi) is 3.71. The number of benzene rings is 1. The average molecular weight is 281 g/mol. The molecule has 18 heavy (non-hydrogen) atoms. The average Bonchev–Trinajstić information content (AvgIpc) is 2.27. The Morgan fingerprint density at radius 1 is 1.33 bits per heavy atom. The Hall–Kier alpha value is -1.95. The van der Waals surface area contributed by atoms with E-state index in [9.17, 15) is 21.6 Å². The van der Waals surface area contributed by atoms with E-state index >= 15 is 0 Å². The van der Waals surface area contributed by atoms with E-state index in [0.29, 0.717) is 0 Å². The molecule has 0 N–H and O–H groups in total. The van der Waals surface area contributed by atoms with Crippen molar-refractivity contribution in [3.8, 4) is 17.6 Å². The molecule has 0 aromatic heterocycles. The van der Waals surface area contributed by atoms with Crippen molar-refractivity contribution in [2.24, 2.45) is 0 Å². The van der Waals surface area contributed by atoms with Crippen LogP contribution < -0.4 is 8.92 Å². The second-order valence-corrected chi connectivity index (χ2v) is 4.49. The van der Waals surface area contributed by atoms with Gasteiger partial charge < -0.3 is 8.92 Å². The number of hydrogen-bond donors (Lipinski definition) is 0. The van der Waals surface area contributed by atoms with Gasteiger partial charge in [-0.3, -0.25) is 0 Å². The van der Waals surface area contributed by atoms with Gasteiger partial charge in [-0.2, -0.15) is 26.9 Å². The monoisotopic (exact) mass is 281 g/mol. The van der Waals surface area contributed by atoms with Gasteiger partial charge in [-0.25, -0.2) is 0 Å². The van der Waals surface area contributed by atoms with E-state index in [1.165, 1.54) is 19.2 Å². The highest BCUT2D eigenvalue weighted by Crippen LogP contribution is 2.30. The van der Waals surface area contributed by atoms with Gasteiger partial charge >= 0.3 is 15.6 Å². The lowest BCUT2D eigenvalue weighted by atomic mass is 10.2. The molecule has 0 aliphatic heterocycles. The standard InChI is InChI=1S/C9H6F3NO4S/c1-16-7-2-3-8(6(4-7)5-13)17-18(14,15)9(10,11)12/h2-4H,1H3. The summed E-state index contributed by atoms with van der Waals surface area (Å²) in [6, 6.07) is 4.64. The summed E-state index contributed by atoms with van der Waals surface area (Å²) < 4.78 is 66.3. The maximum Gasteiger partial charge on any atom is 0.534 e. The van der Waals surface area contributed by atoms with Crippen molar-refractivity contribution in [3.63, 3.8) is 0 Å². The van der Waals surface area contributed by atoms with Crippen LogP contribution in [0.15, 0.2) is 18.2 Å². The molecule has 0 aliphatic rings. The summed E-state index contributed by atoms with van der Waals surface area (Å²) in [6.07, 6.45) is 0. The predicted molar refractivity (Wildman–Crippen MR) is 53.3 cm³/mol. The molecular formula is C9H6F3NO4S. The van der Waals surface area contributed by atoms with Gasteiger partial charge in [0.2, 0.25) is 0 Å². The fourth-order valence-electron chi connectivity index (χ4n) is 0.962. The largest absolute Gasteiger partial charge is 0.534 e. The number of nitriles is 1. The van der Waals surface area contributed by atoms with E-state index in [1.807, 2.05) is 0 Å². The van der Waals surface area contributed by atoms with Crippen molar-refractivity contribution in [2.45, 2.75) is 5.51 Å². The van der Waals surface area contributed by atoms with Crippen molar-refractivity contribution in [2.75, 3.05) is 7.11 Å². The summed E-state index contributed by atoms with van der Waals surface area (Å²) in [6.45, 7) is 0. The normalized spacial score (nSPS) is 11.7. The molecule has 0 radical (unpaired) electrons. The molecule has 5 nitrogen and oxygen atoms in total. The van der Waals surface area contributed by atoms with Crippen molar-refractivity contribution < 1.29 is 30.5 Å². The lowest BCUT2D eigenvalue weighted by Gasteiger charge is -2.10. The number of halogens is 3. The second-order valence-electron chi connectivity index (χ2n) is 2.96. The van der Waals surface area contributed by atoms with E-state index in [0.717, 1.165) is 12.1 Å². The molecule has 0 fully saturated rings.